The molecule has 0 bridgehead atoms. The Hall–Kier alpha value is -1.39. The Morgan fingerprint density at radius 3 is 2.20 bits per heavy atom. The van der Waals surface area contributed by atoms with Crippen LogP contribution >= 0.6 is 0 Å². The first-order valence-corrected chi connectivity index (χ1v) is 4.72. The summed E-state index contributed by atoms with van der Waals surface area (Å²) in [6.07, 6.45) is 0. The molecule has 0 aliphatic carbocycles. The zero-order valence-electron chi connectivity index (χ0n) is 9.15. The van der Waals surface area contributed by atoms with Crippen LogP contribution in [0.25, 0.3) is 0 Å². The molecule has 0 aliphatic heterocycles. The average molecular weight is 208 g/mol. The van der Waals surface area contributed by atoms with Crippen LogP contribution in [-0.2, 0) is 0 Å². The first-order valence-electron chi connectivity index (χ1n) is 4.72. The molecule has 4 nitrogen and oxygen atoms in total. The van der Waals surface area contributed by atoms with Crippen LogP contribution in [0, 0.1) is 6.92 Å². The molecule has 0 amide bonds. The minimum Gasteiger partial charge on any atom is -0.411 e. The minimum atomic E-state index is -0.788. The van der Waals surface area contributed by atoms with E-state index in [1.165, 1.54) is 0 Å². The molecule has 1 aromatic carbocycles. The van der Waals surface area contributed by atoms with Crippen molar-refractivity contribution in [3.05, 3.63) is 35.4 Å². The molecule has 0 saturated heterocycles. The van der Waals surface area contributed by atoms with Gasteiger partial charge in [0.2, 0.25) is 0 Å². The zero-order chi connectivity index (χ0) is 11.5. The predicted octanol–water partition coefficient (Wildman–Crippen LogP) is 1.93. The molecule has 1 rings (SSSR count). The van der Waals surface area contributed by atoms with Crippen molar-refractivity contribution in [2.45, 2.75) is 26.3 Å². The standard InChI is InChI=1S/C11H16N2O2/c1-8-4-6-9(7-5-8)10(12-14)11(2,3)13-15/h4-7,13-15H,1-3H3. The van der Waals surface area contributed by atoms with Crippen molar-refractivity contribution in [2.75, 3.05) is 0 Å². The Kier molecular flexibility index (Phi) is 3.44. The van der Waals surface area contributed by atoms with Gasteiger partial charge in [-0.3, -0.25) is 0 Å². The lowest BCUT2D eigenvalue weighted by atomic mass is 9.93. The summed E-state index contributed by atoms with van der Waals surface area (Å²) in [6, 6.07) is 7.55. The lowest BCUT2D eigenvalue weighted by molar-refractivity contribution is 0.113. The largest absolute Gasteiger partial charge is 0.411 e. The second kappa shape index (κ2) is 4.42. The lowest BCUT2D eigenvalue weighted by Gasteiger charge is -2.23. The monoisotopic (exact) mass is 208 g/mol. The quantitative estimate of drug-likeness (QED) is 0.404. The molecule has 0 atom stereocenters. The number of hydrogen-bond acceptors (Lipinski definition) is 4. The Morgan fingerprint density at radius 2 is 1.80 bits per heavy atom. The van der Waals surface area contributed by atoms with Gasteiger partial charge in [-0.05, 0) is 20.8 Å². The van der Waals surface area contributed by atoms with E-state index in [2.05, 4.69) is 10.6 Å². The van der Waals surface area contributed by atoms with Crippen molar-refractivity contribution in [2.24, 2.45) is 5.16 Å². The van der Waals surface area contributed by atoms with Crippen LogP contribution in [0.1, 0.15) is 25.0 Å². The molecule has 15 heavy (non-hydrogen) atoms. The molecule has 82 valence electrons. The number of nitrogens with one attached hydrogen (secondary N) is 1. The van der Waals surface area contributed by atoms with E-state index < -0.39 is 5.54 Å². The summed E-state index contributed by atoms with van der Waals surface area (Å²) in [5.41, 5.74) is 3.62. The van der Waals surface area contributed by atoms with Crippen LogP contribution in [0.5, 0.6) is 0 Å². The molecule has 0 spiro atoms. The van der Waals surface area contributed by atoms with Crippen molar-refractivity contribution in [3.63, 3.8) is 0 Å². The highest BCUT2D eigenvalue weighted by atomic mass is 16.5. The number of hydroxylamine groups is 1. The molecule has 0 radical (unpaired) electrons. The molecular weight excluding hydrogens is 192 g/mol. The van der Waals surface area contributed by atoms with Crippen molar-refractivity contribution < 1.29 is 10.4 Å². The lowest BCUT2D eigenvalue weighted by Crippen LogP contribution is -2.45. The smallest absolute Gasteiger partial charge is 0.108 e. The molecule has 0 unspecified atom stereocenters. The molecular formula is C11H16N2O2. The molecule has 0 heterocycles. The number of benzene rings is 1. The highest BCUT2D eigenvalue weighted by molar-refractivity contribution is 6.06. The highest BCUT2D eigenvalue weighted by Crippen LogP contribution is 2.14. The van der Waals surface area contributed by atoms with E-state index in [0.717, 1.165) is 11.1 Å². The number of rotatable bonds is 3. The van der Waals surface area contributed by atoms with Crippen LogP contribution in [-0.4, -0.2) is 21.7 Å². The molecule has 0 aliphatic rings. The van der Waals surface area contributed by atoms with Crippen molar-refractivity contribution in [1.29, 1.82) is 0 Å². The van der Waals surface area contributed by atoms with Gasteiger partial charge in [0.1, 0.15) is 5.71 Å². The van der Waals surface area contributed by atoms with Crippen LogP contribution in [0.4, 0.5) is 0 Å². The first kappa shape index (κ1) is 11.7. The van der Waals surface area contributed by atoms with E-state index >= 15 is 0 Å². The third-order valence-electron chi connectivity index (χ3n) is 2.30. The summed E-state index contributed by atoms with van der Waals surface area (Å²) in [4.78, 5) is 0. The van der Waals surface area contributed by atoms with E-state index in [9.17, 15) is 0 Å². The second-order valence-electron chi connectivity index (χ2n) is 4.05. The van der Waals surface area contributed by atoms with E-state index in [-0.39, 0.29) is 0 Å². The fraction of sp³-hybridized carbons (Fsp3) is 0.364. The average Bonchev–Trinajstić information content (AvgIpc) is 2.22. The van der Waals surface area contributed by atoms with Crippen molar-refractivity contribution in [3.8, 4) is 0 Å². The van der Waals surface area contributed by atoms with Gasteiger partial charge in [0.05, 0.1) is 5.54 Å². The SMILES string of the molecule is Cc1ccc(C(=NO)C(C)(C)NO)cc1. The summed E-state index contributed by atoms with van der Waals surface area (Å²) in [5.74, 6) is 0. The fourth-order valence-corrected chi connectivity index (χ4v) is 1.31. The first-order chi connectivity index (χ1) is 7.01. The summed E-state index contributed by atoms with van der Waals surface area (Å²) in [7, 11) is 0. The van der Waals surface area contributed by atoms with Crippen LogP contribution in [0.3, 0.4) is 0 Å². The Labute approximate surface area is 89.2 Å². The predicted molar refractivity (Wildman–Crippen MR) is 58.5 cm³/mol. The highest BCUT2D eigenvalue weighted by Gasteiger charge is 2.26. The van der Waals surface area contributed by atoms with Gasteiger partial charge >= 0.3 is 0 Å². The van der Waals surface area contributed by atoms with Crippen LogP contribution in [0.2, 0.25) is 0 Å². The number of aryl methyl sites for hydroxylation is 1. The zero-order valence-corrected chi connectivity index (χ0v) is 9.15. The third kappa shape index (κ3) is 2.55. The van der Waals surface area contributed by atoms with E-state index in [1.807, 2.05) is 31.2 Å². The van der Waals surface area contributed by atoms with Crippen LogP contribution in [0.15, 0.2) is 29.4 Å². The maximum Gasteiger partial charge on any atom is 0.108 e. The molecule has 1 aromatic rings. The summed E-state index contributed by atoms with van der Waals surface area (Å²) in [6.45, 7) is 5.43. The molecule has 3 N–H and O–H groups in total. The Morgan fingerprint density at radius 1 is 1.27 bits per heavy atom. The normalized spacial score (nSPS) is 12.9. The van der Waals surface area contributed by atoms with E-state index in [0.29, 0.717) is 5.71 Å². The van der Waals surface area contributed by atoms with Crippen molar-refractivity contribution >= 4 is 5.71 Å². The van der Waals surface area contributed by atoms with Crippen LogP contribution < -0.4 is 5.48 Å². The number of hydrogen-bond donors (Lipinski definition) is 3. The minimum absolute atomic E-state index is 0.394. The van der Waals surface area contributed by atoms with E-state index in [4.69, 9.17) is 10.4 Å². The fourth-order valence-electron chi connectivity index (χ4n) is 1.31. The number of nitrogens with zero attached hydrogens (tertiary/aromatic N) is 1. The molecule has 0 aromatic heterocycles. The van der Waals surface area contributed by atoms with Gasteiger partial charge in [-0.25, -0.2) is 0 Å². The van der Waals surface area contributed by atoms with Gasteiger partial charge in [-0.1, -0.05) is 35.0 Å². The van der Waals surface area contributed by atoms with Gasteiger partial charge < -0.3 is 10.4 Å². The van der Waals surface area contributed by atoms with Gasteiger partial charge in [-0.15, -0.1) is 0 Å². The summed E-state index contributed by atoms with van der Waals surface area (Å²) < 4.78 is 0. The van der Waals surface area contributed by atoms with Gasteiger partial charge in [-0.2, -0.15) is 5.48 Å². The Balaban J connectivity index is 3.10. The molecule has 4 heteroatoms. The van der Waals surface area contributed by atoms with E-state index in [1.54, 1.807) is 13.8 Å². The third-order valence-corrected chi connectivity index (χ3v) is 2.30. The summed E-state index contributed by atoms with van der Waals surface area (Å²) >= 11 is 0. The van der Waals surface area contributed by atoms with Gasteiger partial charge in [0.25, 0.3) is 0 Å². The molecule has 0 saturated carbocycles. The van der Waals surface area contributed by atoms with Gasteiger partial charge in [0, 0.05) is 5.56 Å². The second-order valence-corrected chi connectivity index (χ2v) is 4.05. The number of oxime groups is 1. The maximum absolute atomic E-state index is 8.97. The Bertz CT molecular complexity index is 355. The van der Waals surface area contributed by atoms with Gasteiger partial charge in [0.15, 0.2) is 0 Å². The maximum atomic E-state index is 8.97. The topological polar surface area (TPSA) is 64.9 Å². The molecule has 0 fully saturated rings. The van der Waals surface area contributed by atoms with Crippen molar-refractivity contribution in [1.82, 2.24) is 5.48 Å². The summed E-state index contributed by atoms with van der Waals surface area (Å²) in [5, 5.41) is 21.1.